The van der Waals surface area contributed by atoms with Crippen LogP contribution in [0, 0.1) is 23.7 Å². The van der Waals surface area contributed by atoms with Gasteiger partial charge < -0.3 is 5.73 Å². The lowest BCUT2D eigenvalue weighted by molar-refractivity contribution is -0.00390. The van der Waals surface area contributed by atoms with E-state index in [4.69, 9.17) is 10.7 Å². The maximum atomic E-state index is 6.38. The molecule has 2 nitrogen and oxygen atoms in total. The molecular formula is C18H26N2. The molecule has 0 atom stereocenters. The van der Waals surface area contributed by atoms with Gasteiger partial charge in [-0.25, -0.2) is 0 Å². The van der Waals surface area contributed by atoms with E-state index in [9.17, 15) is 0 Å². The first-order chi connectivity index (χ1) is 9.61. The lowest BCUT2D eigenvalue weighted by Gasteiger charge is -2.54. The molecule has 0 aliphatic heterocycles. The third-order valence-electron chi connectivity index (χ3n) is 6.18. The monoisotopic (exact) mass is 270 g/mol. The van der Waals surface area contributed by atoms with Crippen molar-refractivity contribution >= 4 is 5.69 Å². The number of rotatable bonds is 2. The van der Waals surface area contributed by atoms with Gasteiger partial charge in [0.1, 0.15) is 0 Å². The van der Waals surface area contributed by atoms with Gasteiger partial charge in [-0.05, 0) is 73.3 Å². The van der Waals surface area contributed by atoms with E-state index in [0.29, 0.717) is 11.8 Å². The molecule has 4 saturated carbocycles. The number of aromatic nitrogens is 1. The normalized spacial score (nSPS) is 38.6. The third-order valence-corrected chi connectivity index (χ3v) is 6.18. The summed E-state index contributed by atoms with van der Waals surface area (Å²) in [6.45, 7) is 4.41. The highest BCUT2D eigenvalue weighted by Gasteiger charge is 2.49. The minimum Gasteiger partial charge on any atom is -0.397 e. The molecular weight excluding hydrogens is 244 g/mol. The molecule has 2 heteroatoms. The van der Waals surface area contributed by atoms with Gasteiger partial charge in [-0.15, -0.1) is 0 Å². The van der Waals surface area contributed by atoms with Gasteiger partial charge in [0.2, 0.25) is 0 Å². The zero-order valence-corrected chi connectivity index (χ0v) is 12.7. The summed E-state index contributed by atoms with van der Waals surface area (Å²) < 4.78 is 0. The molecule has 1 aromatic heterocycles. The highest BCUT2D eigenvalue weighted by atomic mass is 14.8. The molecule has 4 aliphatic carbocycles. The van der Waals surface area contributed by atoms with E-state index in [1.54, 1.807) is 0 Å². The lowest BCUT2D eigenvalue weighted by Crippen LogP contribution is -2.44. The molecule has 2 N–H and O–H groups in total. The van der Waals surface area contributed by atoms with Crippen LogP contribution < -0.4 is 5.73 Å². The van der Waals surface area contributed by atoms with Gasteiger partial charge in [0.15, 0.2) is 0 Å². The second-order valence-corrected chi connectivity index (χ2v) is 7.85. The van der Waals surface area contributed by atoms with Crippen LogP contribution in [0.1, 0.15) is 69.0 Å². The molecule has 4 fully saturated rings. The summed E-state index contributed by atoms with van der Waals surface area (Å²) in [7, 11) is 0. The fourth-order valence-corrected chi connectivity index (χ4v) is 5.48. The maximum absolute atomic E-state index is 6.38. The molecule has 0 amide bonds. The van der Waals surface area contributed by atoms with Crippen LogP contribution in [0.5, 0.6) is 0 Å². The summed E-state index contributed by atoms with van der Waals surface area (Å²) in [5, 5.41) is 0. The first-order valence-corrected chi connectivity index (χ1v) is 8.37. The van der Waals surface area contributed by atoms with Crippen LogP contribution >= 0.6 is 0 Å². The number of pyridine rings is 1. The molecule has 1 heterocycles. The molecule has 4 bridgehead atoms. The van der Waals surface area contributed by atoms with Crippen molar-refractivity contribution < 1.29 is 0 Å². The van der Waals surface area contributed by atoms with Crippen molar-refractivity contribution in [3.05, 3.63) is 23.5 Å². The van der Waals surface area contributed by atoms with Gasteiger partial charge in [0, 0.05) is 12.1 Å². The van der Waals surface area contributed by atoms with Gasteiger partial charge in [-0.3, -0.25) is 4.98 Å². The molecule has 5 rings (SSSR count). The van der Waals surface area contributed by atoms with Crippen LogP contribution in [-0.2, 0) is 0 Å². The SMILES string of the molecule is CC(C)c1cnc(C2C3CC4CC(C3)CC2C4)c(N)c1. The Balaban J connectivity index is 1.67. The highest BCUT2D eigenvalue weighted by molar-refractivity contribution is 5.48. The average molecular weight is 270 g/mol. The van der Waals surface area contributed by atoms with Gasteiger partial charge in [0.05, 0.1) is 11.4 Å². The zero-order chi connectivity index (χ0) is 13.9. The van der Waals surface area contributed by atoms with Gasteiger partial charge in [-0.2, -0.15) is 0 Å². The van der Waals surface area contributed by atoms with E-state index >= 15 is 0 Å². The minimum absolute atomic E-state index is 0.511. The molecule has 108 valence electrons. The van der Waals surface area contributed by atoms with E-state index in [1.165, 1.54) is 43.4 Å². The number of nitrogens with two attached hydrogens (primary N) is 1. The Morgan fingerprint density at radius 1 is 1.05 bits per heavy atom. The quantitative estimate of drug-likeness (QED) is 0.869. The Hall–Kier alpha value is -1.05. The molecule has 0 spiro atoms. The van der Waals surface area contributed by atoms with Crippen molar-refractivity contribution in [1.29, 1.82) is 0 Å². The predicted molar refractivity (Wildman–Crippen MR) is 82.5 cm³/mol. The number of anilines is 1. The largest absolute Gasteiger partial charge is 0.397 e. The fourth-order valence-electron chi connectivity index (χ4n) is 5.48. The Morgan fingerprint density at radius 3 is 2.15 bits per heavy atom. The Labute approximate surface area is 122 Å². The molecule has 20 heavy (non-hydrogen) atoms. The number of nitrogen functional groups attached to an aromatic ring is 1. The van der Waals surface area contributed by atoms with Crippen LogP contribution in [0.3, 0.4) is 0 Å². The molecule has 1 aromatic rings. The highest BCUT2D eigenvalue weighted by Crippen LogP contribution is 2.60. The van der Waals surface area contributed by atoms with Gasteiger partial charge >= 0.3 is 0 Å². The Kier molecular flexibility index (Phi) is 2.84. The van der Waals surface area contributed by atoms with Crippen LogP contribution in [0.4, 0.5) is 5.69 Å². The number of nitrogens with zero attached hydrogens (tertiary/aromatic N) is 1. The maximum Gasteiger partial charge on any atom is 0.0669 e. The van der Waals surface area contributed by atoms with E-state index in [0.717, 1.165) is 29.4 Å². The topological polar surface area (TPSA) is 38.9 Å². The predicted octanol–water partition coefficient (Wildman–Crippen LogP) is 4.33. The molecule has 0 aromatic carbocycles. The fraction of sp³-hybridized carbons (Fsp3) is 0.722. The lowest BCUT2D eigenvalue weighted by atomic mass is 9.51. The molecule has 4 aliphatic rings. The smallest absolute Gasteiger partial charge is 0.0669 e. The van der Waals surface area contributed by atoms with Crippen molar-refractivity contribution in [2.45, 2.75) is 57.8 Å². The first kappa shape index (κ1) is 12.7. The Bertz CT molecular complexity index is 492. The summed E-state index contributed by atoms with van der Waals surface area (Å²) in [4.78, 5) is 4.82. The van der Waals surface area contributed by atoms with Crippen LogP contribution in [0.25, 0.3) is 0 Å². The molecule has 0 unspecified atom stereocenters. The average Bonchev–Trinajstić information content (AvgIpc) is 2.38. The second-order valence-electron chi connectivity index (χ2n) is 7.85. The van der Waals surface area contributed by atoms with Crippen molar-refractivity contribution in [1.82, 2.24) is 4.98 Å². The van der Waals surface area contributed by atoms with Crippen LogP contribution in [0.15, 0.2) is 12.3 Å². The summed E-state index contributed by atoms with van der Waals surface area (Å²) >= 11 is 0. The number of hydrogen-bond donors (Lipinski definition) is 1. The minimum atomic E-state index is 0.511. The molecule has 0 radical (unpaired) electrons. The van der Waals surface area contributed by atoms with Crippen LogP contribution in [0.2, 0.25) is 0 Å². The van der Waals surface area contributed by atoms with Crippen molar-refractivity contribution in [3.8, 4) is 0 Å². The van der Waals surface area contributed by atoms with E-state index in [-0.39, 0.29) is 0 Å². The zero-order valence-electron chi connectivity index (χ0n) is 12.7. The summed E-state index contributed by atoms with van der Waals surface area (Å²) in [5.41, 5.74) is 9.83. The van der Waals surface area contributed by atoms with Crippen molar-refractivity contribution in [3.63, 3.8) is 0 Å². The summed E-state index contributed by atoms with van der Waals surface area (Å²) in [6.07, 6.45) is 9.32. The van der Waals surface area contributed by atoms with Gasteiger partial charge in [-0.1, -0.05) is 13.8 Å². The van der Waals surface area contributed by atoms with E-state index < -0.39 is 0 Å². The summed E-state index contributed by atoms with van der Waals surface area (Å²) in [5.74, 6) is 4.94. The third kappa shape index (κ3) is 1.88. The van der Waals surface area contributed by atoms with Crippen molar-refractivity contribution in [2.75, 3.05) is 5.73 Å². The number of hydrogen-bond acceptors (Lipinski definition) is 2. The summed E-state index contributed by atoms with van der Waals surface area (Å²) in [6, 6.07) is 2.18. The van der Waals surface area contributed by atoms with E-state index in [1.807, 2.05) is 0 Å². The van der Waals surface area contributed by atoms with Gasteiger partial charge in [0.25, 0.3) is 0 Å². The first-order valence-electron chi connectivity index (χ1n) is 8.37. The molecule has 0 saturated heterocycles. The van der Waals surface area contributed by atoms with Crippen LogP contribution in [-0.4, -0.2) is 4.98 Å². The van der Waals surface area contributed by atoms with Crippen molar-refractivity contribution in [2.24, 2.45) is 23.7 Å². The standard InChI is InChI=1S/C18H26N2/c1-10(2)15-8-16(19)18(20-9-15)17-13-4-11-3-12(6-13)7-14(17)5-11/h8-14,17H,3-7,19H2,1-2H3. The second kappa shape index (κ2) is 4.47. The Morgan fingerprint density at radius 2 is 1.65 bits per heavy atom. The van der Waals surface area contributed by atoms with E-state index in [2.05, 4.69) is 26.1 Å².